The van der Waals surface area contributed by atoms with Crippen LogP contribution >= 0.6 is 0 Å². The van der Waals surface area contributed by atoms with Gasteiger partial charge in [-0.2, -0.15) is 14.6 Å². The van der Waals surface area contributed by atoms with Gasteiger partial charge >= 0.3 is 0 Å². The number of carbonyl (C=O) groups is 1. The van der Waals surface area contributed by atoms with E-state index >= 15 is 0 Å². The van der Waals surface area contributed by atoms with Gasteiger partial charge in [-0.05, 0) is 13.3 Å². The molecule has 1 amide bonds. The molecule has 28 heavy (non-hydrogen) atoms. The Bertz CT molecular complexity index is 940. The van der Waals surface area contributed by atoms with Crippen LogP contribution in [0.15, 0.2) is 42.7 Å². The third kappa shape index (κ3) is 3.96. The van der Waals surface area contributed by atoms with Crippen LogP contribution in [-0.2, 0) is 4.79 Å². The molecule has 8 nitrogen and oxygen atoms in total. The molecule has 0 bridgehead atoms. The van der Waals surface area contributed by atoms with Crippen molar-refractivity contribution >= 4 is 17.5 Å². The van der Waals surface area contributed by atoms with Crippen molar-refractivity contribution in [2.45, 2.75) is 13.3 Å². The monoisotopic (exact) mass is 379 g/mol. The SMILES string of the molecule is CCNC(=O)CN1CCCN(c2cc(-c3ccccc3)nc3ncnn23)CC1. The van der Waals surface area contributed by atoms with Crippen molar-refractivity contribution in [3.05, 3.63) is 42.7 Å². The Morgan fingerprint density at radius 1 is 1.14 bits per heavy atom. The topological polar surface area (TPSA) is 78.7 Å². The van der Waals surface area contributed by atoms with Crippen molar-refractivity contribution in [2.24, 2.45) is 0 Å². The number of fused-ring (bicyclic) bond motifs is 1. The van der Waals surface area contributed by atoms with E-state index in [1.165, 1.54) is 0 Å². The van der Waals surface area contributed by atoms with Crippen molar-refractivity contribution in [3.8, 4) is 11.3 Å². The van der Waals surface area contributed by atoms with E-state index in [0.29, 0.717) is 18.9 Å². The highest BCUT2D eigenvalue weighted by atomic mass is 16.2. The molecule has 0 saturated carbocycles. The molecule has 3 heterocycles. The van der Waals surface area contributed by atoms with Crippen LogP contribution in [0.2, 0.25) is 0 Å². The third-order valence-corrected chi connectivity index (χ3v) is 4.96. The van der Waals surface area contributed by atoms with Gasteiger partial charge in [0.1, 0.15) is 12.1 Å². The van der Waals surface area contributed by atoms with Gasteiger partial charge in [0, 0.05) is 44.4 Å². The average Bonchev–Trinajstić information content (AvgIpc) is 3.07. The normalized spacial score (nSPS) is 15.5. The first-order chi connectivity index (χ1) is 13.7. The summed E-state index contributed by atoms with van der Waals surface area (Å²) in [5, 5.41) is 7.25. The zero-order chi connectivity index (χ0) is 19.3. The number of amides is 1. The van der Waals surface area contributed by atoms with Gasteiger partial charge < -0.3 is 10.2 Å². The number of rotatable bonds is 5. The van der Waals surface area contributed by atoms with Crippen LogP contribution in [0, 0.1) is 0 Å². The maximum Gasteiger partial charge on any atom is 0.254 e. The van der Waals surface area contributed by atoms with Crippen LogP contribution in [0.3, 0.4) is 0 Å². The fraction of sp³-hybridized carbons (Fsp3) is 0.400. The van der Waals surface area contributed by atoms with E-state index in [-0.39, 0.29) is 5.91 Å². The number of benzene rings is 1. The molecule has 0 aliphatic carbocycles. The molecule has 0 unspecified atom stereocenters. The summed E-state index contributed by atoms with van der Waals surface area (Å²) in [6.07, 6.45) is 2.53. The van der Waals surface area contributed by atoms with Gasteiger partial charge in [0.15, 0.2) is 0 Å². The second kappa shape index (κ2) is 8.35. The Balaban J connectivity index is 1.58. The van der Waals surface area contributed by atoms with Crippen molar-refractivity contribution in [1.82, 2.24) is 29.8 Å². The van der Waals surface area contributed by atoms with Crippen LogP contribution in [0.1, 0.15) is 13.3 Å². The Kier molecular flexibility index (Phi) is 5.48. The fourth-order valence-electron chi connectivity index (χ4n) is 3.59. The van der Waals surface area contributed by atoms with Crippen molar-refractivity contribution < 1.29 is 4.79 Å². The molecule has 0 spiro atoms. The smallest absolute Gasteiger partial charge is 0.254 e. The first kappa shape index (κ1) is 18.4. The van der Waals surface area contributed by atoms with Gasteiger partial charge in [-0.15, -0.1) is 0 Å². The minimum Gasteiger partial charge on any atom is -0.355 e. The van der Waals surface area contributed by atoms with E-state index in [9.17, 15) is 4.79 Å². The number of nitrogens with zero attached hydrogens (tertiary/aromatic N) is 6. The molecule has 4 rings (SSSR count). The molecule has 0 atom stereocenters. The number of carbonyl (C=O) groups excluding carboxylic acids is 1. The molecular weight excluding hydrogens is 354 g/mol. The predicted octanol–water partition coefficient (Wildman–Crippen LogP) is 1.44. The molecule has 3 aromatic rings. The minimum atomic E-state index is 0.0879. The number of anilines is 1. The summed E-state index contributed by atoms with van der Waals surface area (Å²) in [6, 6.07) is 12.2. The minimum absolute atomic E-state index is 0.0879. The number of aromatic nitrogens is 4. The van der Waals surface area contributed by atoms with Crippen LogP contribution in [0.25, 0.3) is 17.0 Å². The van der Waals surface area contributed by atoms with Gasteiger partial charge in [-0.1, -0.05) is 30.3 Å². The van der Waals surface area contributed by atoms with Gasteiger partial charge in [0.2, 0.25) is 5.91 Å². The summed E-state index contributed by atoms with van der Waals surface area (Å²) in [4.78, 5) is 25.4. The summed E-state index contributed by atoms with van der Waals surface area (Å²) in [5.74, 6) is 1.67. The Labute approximate surface area is 164 Å². The molecule has 2 aromatic heterocycles. The number of nitrogens with one attached hydrogen (secondary N) is 1. The zero-order valence-corrected chi connectivity index (χ0v) is 16.1. The van der Waals surface area contributed by atoms with Gasteiger partial charge in [0.25, 0.3) is 5.78 Å². The predicted molar refractivity (Wildman–Crippen MR) is 108 cm³/mol. The number of likely N-dealkylation sites (N-methyl/N-ethyl adjacent to an activating group) is 1. The van der Waals surface area contributed by atoms with Gasteiger partial charge in [-0.3, -0.25) is 9.69 Å². The zero-order valence-electron chi connectivity index (χ0n) is 16.1. The Hall–Kier alpha value is -3.00. The molecule has 8 heteroatoms. The summed E-state index contributed by atoms with van der Waals surface area (Å²) in [7, 11) is 0. The molecule has 0 radical (unpaired) electrons. The highest BCUT2D eigenvalue weighted by molar-refractivity contribution is 5.78. The summed E-state index contributed by atoms with van der Waals surface area (Å²) in [6.45, 7) is 6.53. The highest BCUT2D eigenvalue weighted by Gasteiger charge is 2.20. The van der Waals surface area contributed by atoms with Crippen LogP contribution in [0.5, 0.6) is 0 Å². The third-order valence-electron chi connectivity index (χ3n) is 4.96. The van der Waals surface area contributed by atoms with E-state index in [1.54, 1.807) is 10.8 Å². The van der Waals surface area contributed by atoms with E-state index in [0.717, 1.165) is 49.7 Å². The van der Waals surface area contributed by atoms with Crippen LogP contribution in [0.4, 0.5) is 5.82 Å². The maximum atomic E-state index is 11.9. The Morgan fingerprint density at radius 3 is 2.82 bits per heavy atom. The highest BCUT2D eigenvalue weighted by Crippen LogP contribution is 2.24. The second-order valence-electron chi connectivity index (χ2n) is 6.91. The quantitative estimate of drug-likeness (QED) is 0.723. The first-order valence-corrected chi connectivity index (χ1v) is 9.75. The van der Waals surface area contributed by atoms with Crippen LogP contribution < -0.4 is 10.2 Å². The molecule has 1 aliphatic heterocycles. The van der Waals surface area contributed by atoms with Crippen LogP contribution in [-0.4, -0.2) is 69.7 Å². The van der Waals surface area contributed by atoms with Crippen molar-refractivity contribution in [1.29, 1.82) is 0 Å². The van der Waals surface area contributed by atoms with Gasteiger partial charge in [0.05, 0.1) is 12.2 Å². The molecule has 1 aromatic carbocycles. The lowest BCUT2D eigenvalue weighted by Gasteiger charge is -2.24. The maximum absolute atomic E-state index is 11.9. The molecule has 146 valence electrons. The average molecular weight is 379 g/mol. The lowest BCUT2D eigenvalue weighted by atomic mass is 10.1. The Morgan fingerprint density at radius 2 is 2.00 bits per heavy atom. The molecular formula is C20H25N7O. The lowest BCUT2D eigenvalue weighted by Crippen LogP contribution is -2.39. The summed E-state index contributed by atoms with van der Waals surface area (Å²) >= 11 is 0. The largest absolute Gasteiger partial charge is 0.355 e. The molecule has 1 aliphatic rings. The van der Waals surface area contributed by atoms with E-state index in [4.69, 9.17) is 0 Å². The van der Waals surface area contributed by atoms with Crippen molar-refractivity contribution in [3.63, 3.8) is 0 Å². The first-order valence-electron chi connectivity index (χ1n) is 9.75. The molecule has 1 N–H and O–H groups in total. The second-order valence-corrected chi connectivity index (χ2v) is 6.91. The van der Waals surface area contributed by atoms with Gasteiger partial charge in [-0.25, -0.2) is 4.98 Å². The van der Waals surface area contributed by atoms with E-state index < -0.39 is 0 Å². The van der Waals surface area contributed by atoms with E-state index in [2.05, 4.69) is 48.4 Å². The molecule has 1 saturated heterocycles. The number of hydrogen-bond donors (Lipinski definition) is 1. The summed E-state index contributed by atoms with van der Waals surface area (Å²) in [5.41, 5.74) is 1.95. The summed E-state index contributed by atoms with van der Waals surface area (Å²) < 4.78 is 1.80. The lowest BCUT2D eigenvalue weighted by molar-refractivity contribution is -0.122. The standard InChI is InChI=1S/C20H25N7O/c1-2-21-18(28)14-25-9-6-10-26(12-11-25)19-13-17(16-7-4-3-5-8-16)24-20-22-15-23-27(19)20/h3-5,7-8,13,15H,2,6,9-12,14H2,1H3,(H,21,28). The van der Waals surface area contributed by atoms with Crippen molar-refractivity contribution in [2.75, 3.05) is 44.2 Å². The molecule has 1 fully saturated rings. The fourth-order valence-corrected chi connectivity index (χ4v) is 3.59. The van der Waals surface area contributed by atoms with E-state index in [1.807, 2.05) is 25.1 Å². The number of hydrogen-bond acceptors (Lipinski definition) is 6.